The Bertz CT molecular complexity index is 878. The third-order valence-electron chi connectivity index (χ3n) is 4.08. The maximum atomic E-state index is 12.2. The quantitative estimate of drug-likeness (QED) is 0.667. The fourth-order valence-electron chi connectivity index (χ4n) is 2.90. The number of benzene rings is 1. The number of rotatable bonds is 4. The van der Waals surface area contributed by atoms with E-state index in [1.165, 1.54) is 11.5 Å². The number of hydrogen-bond donors (Lipinski definition) is 0. The van der Waals surface area contributed by atoms with Gasteiger partial charge in [0.25, 0.3) is 0 Å². The van der Waals surface area contributed by atoms with Gasteiger partial charge in [0, 0.05) is 22.7 Å². The van der Waals surface area contributed by atoms with E-state index in [0.717, 1.165) is 40.6 Å². The zero-order valence-corrected chi connectivity index (χ0v) is 13.6. The molecule has 0 saturated heterocycles. The Morgan fingerprint density at radius 3 is 2.96 bits per heavy atom. The van der Waals surface area contributed by atoms with E-state index in [0.29, 0.717) is 17.4 Å². The van der Waals surface area contributed by atoms with Crippen molar-refractivity contribution in [2.45, 2.75) is 25.7 Å². The summed E-state index contributed by atoms with van der Waals surface area (Å²) in [6, 6.07) is 10.0. The summed E-state index contributed by atoms with van der Waals surface area (Å²) in [4.78, 5) is 17.3. The van der Waals surface area contributed by atoms with Crippen molar-refractivity contribution in [1.82, 2.24) is 9.36 Å². The van der Waals surface area contributed by atoms with Crippen molar-refractivity contribution in [3.05, 3.63) is 47.0 Å². The van der Waals surface area contributed by atoms with Gasteiger partial charge in [0.15, 0.2) is 0 Å². The molecule has 0 aliphatic heterocycles. The van der Waals surface area contributed by atoms with Crippen LogP contribution in [0.25, 0.3) is 22.2 Å². The minimum absolute atomic E-state index is 0.253. The van der Waals surface area contributed by atoms with E-state index >= 15 is 0 Å². The lowest BCUT2D eigenvalue weighted by Crippen LogP contribution is -2.05. The molecule has 0 bridgehead atoms. The van der Waals surface area contributed by atoms with Gasteiger partial charge in [-0.2, -0.15) is 4.37 Å². The van der Waals surface area contributed by atoms with Gasteiger partial charge in [-0.05, 0) is 49.3 Å². The lowest BCUT2D eigenvalue weighted by atomic mass is 9.99. The fourth-order valence-corrected chi connectivity index (χ4v) is 3.77. The van der Waals surface area contributed by atoms with Crippen LogP contribution in [0.15, 0.2) is 36.5 Å². The molecule has 1 saturated carbocycles. The molecule has 4 nitrogen and oxygen atoms in total. The molecule has 0 atom stereocenters. The zero-order chi connectivity index (χ0) is 15.8. The third kappa shape index (κ3) is 2.51. The highest BCUT2D eigenvalue weighted by Gasteiger charge is 2.34. The van der Waals surface area contributed by atoms with Crippen LogP contribution in [0.5, 0.6) is 0 Å². The first-order valence-electron chi connectivity index (χ1n) is 7.80. The van der Waals surface area contributed by atoms with Crippen LogP contribution in [0.4, 0.5) is 0 Å². The summed E-state index contributed by atoms with van der Waals surface area (Å²) in [5, 5.41) is 1.07. The second-order valence-corrected chi connectivity index (χ2v) is 6.42. The monoisotopic (exact) mass is 324 g/mol. The molecule has 0 amide bonds. The van der Waals surface area contributed by atoms with E-state index in [9.17, 15) is 4.79 Å². The van der Waals surface area contributed by atoms with Crippen molar-refractivity contribution >= 4 is 28.4 Å². The Balaban J connectivity index is 1.90. The van der Waals surface area contributed by atoms with Crippen molar-refractivity contribution in [3.63, 3.8) is 0 Å². The molecule has 116 valence electrons. The lowest BCUT2D eigenvalue weighted by Gasteiger charge is -2.07. The Hall–Kier alpha value is -2.27. The minimum Gasteiger partial charge on any atom is -0.462 e. The first-order chi connectivity index (χ1) is 11.3. The third-order valence-corrected chi connectivity index (χ3v) is 4.92. The van der Waals surface area contributed by atoms with Crippen molar-refractivity contribution in [2.75, 3.05) is 6.61 Å². The molecule has 0 spiro atoms. The summed E-state index contributed by atoms with van der Waals surface area (Å²) >= 11 is 1.25. The van der Waals surface area contributed by atoms with Crippen LogP contribution >= 0.6 is 11.5 Å². The Morgan fingerprint density at radius 1 is 1.30 bits per heavy atom. The second-order valence-electron chi connectivity index (χ2n) is 5.64. The van der Waals surface area contributed by atoms with Gasteiger partial charge in [0.05, 0.1) is 17.8 Å². The molecule has 1 aromatic carbocycles. The number of pyridine rings is 1. The number of aromatic nitrogens is 2. The van der Waals surface area contributed by atoms with Gasteiger partial charge in [0.2, 0.25) is 0 Å². The molecule has 0 N–H and O–H groups in total. The number of carbonyl (C=O) groups excluding carboxylic acids is 1. The van der Waals surface area contributed by atoms with Gasteiger partial charge in [-0.15, -0.1) is 0 Å². The molecule has 4 rings (SSSR count). The van der Waals surface area contributed by atoms with Crippen LogP contribution in [0.1, 0.15) is 40.9 Å². The minimum atomic E-state index is -0.253. The summed E-state index contributed by atoms with van der Waals surface area (Å²) < 4.78 is 9.82. The van der Waals surface area contributed by atoms with Crippen LogP contribution in [0.3, 0.4) is 0 Å². The van der Waals surface area contributed by atoms with Crippen LogP contribution in [-0.2, 0) is 4.74 Å². The summed E-state index contributed by atoms with van der Waals surface area (Å²) in [5.41, 5.74) is 3.96. The molecule has 3 aromatic rings. The van der Waals surface area contributed by atoms with Crippen LogP contribution < -0.4 is 0 Å². The van der Waals surface area contributed by atoms with Gasteiger partial charge < -0.3 is 4.74 Å². The topological polar surface area (TPSA) is 52.1 Å². The predicted molar refractivity (Wildman–Crippen MR) is 90.8 cm³/mol. The SMILES string of the molecule is CCOC(=O)c1snc(-c2cccc3ncccc23)c1C1CC1. The van der Waals surface area contributed by atoms with Gasteiger partial charge in [-0.25, -0.2) is 4.79 Å². The Kier molecular flexibility index (Phi) is 3.58. The second kappa shape index (κ2) is 5.74. The Morgan fingerprint density at radius 2 is 2.17 bits per heavy atom. The standard InChI is InChI=1S/C18H16N2O2S/c1-2-22-18(21)17-15(11-8-9-11)16(20-23-17)13-5-3-7-14-12(13)6-4-10-19-14/h3-7,10-11H,2,8-9H2,1H3. The molecule has 5 heteroatoms. The molecule has 2 aromatic heterocycles. The van der Waals surface area contributed by atoms with E-state index in [1.54, 1.807) is 6.20 Å². The molecule has 1 aliphatic rings. The predicted octanol–water partition coefficient (Wildman–Crippen LogP) is 4.41. The zero-order valence-electron chi connectivity index (χ0n) is 12.8. The van der Waals surface area contributed by atoms with Gasteiger partial charge in [-0.1, -0.05) is 18.2 Å². The summed E-state index contributed by atoms with van der Waals surface area (Å²) in [7, 11) is 0. The summed E-state index contributed by atoms with van der Waals surface area (Å²) in [6.45, 7) is 2.21. The van der Waals surface area contributed by atoms with Crippen LogP contribution in [0.2, 0.25) is 0 Å². The van der Waals surface area contributed by atoms with Crippen molar-refractivity contribution in [3.8, 4) is 11.3 Å². The largest absolute Gasteiger partial charge is 0.462 e. The molecule has 1 aliphatic carbocycles. The van der Waals surface area contributed by atoms with Crippen molar-refractivity contribution < 1.29 is 9.53 Å². The molecule has 0 radical (unpaired) electrons. The molecule has 1 fully saturated rings. The maximum absolute atomic E-state index is 12.2. The van der Waals surface area contributed by atoms with Crippen molar-refractivity contribution in [1.29, 1.82) is 0 Å². The summed E-state index contributed by atoms with van der Waals surface area (Å²) in [5.74, 6) is 0.173. The number of ether oxygens (including phenoxy) is 1. The van der Waals surface area contributed by atoms with E-state index in [2.05, 4.69) is 21.5 Å². The molecule has 0 unspecified atom stereocenters. The number of nitrogens with zero attached hydrogens (tertiary/aromatic N) is 2. The number of fused-ring (bicyclic) bond motifs is 1. The van der Waals surface area contributed by atoms with E-state index in [4.69, 9.17) is 4.74 Å². The smallest absolute Gasteiger partial charge is 0.350 e. The van der Waals surface area contributed by atoms with Gasteiger partial charge in [-0.3, -0.25) is 4.98 Å². The number of hydrogen-bond acceptors (Lipinski definition) is 5. The summed E-state index contributed by atoms with van der Waals surface area (Å²) in [6.07, 6.45) is 4.01. The number of esters is 1. The highest BCUT2D eigenvalue weighted by molar-refractivity contribution is 7.08. The van der Waals surface area contributed by atoms with Crippen molar-refractivity contribution in [2.24, 2.45) is 0 Å². The average molecular weight is 324 g/mol. The fraction of sp³-hybridized carbons (Fsp3) is 0.278. The van der Waals surface area contributed by atoms with E-state index in [1.807, 2.05) is 25.1 Å². The lowest BCUT2D eigenvalue weighted by molar-refractivity contribution is 0.0531. The number of carbonyl (C=O) groups is 1. The first kappa shape index (κ1) is 14.3. The molecular formula is C18H16N2O2S. The Labute approximate surface area is 138 Å². The average Bonchev–Trinajstić information content (AvgIpc) is 3.33. The first-order valence-corrected chi connectivity index (χ1v) is 8.57. The highest BCUT2D eigenvalue weighted by Crippen LogP contribution is 2.48. The van der Waals surface area contributed by atoms with E-state index in [-0.39, 0.29) is 5.97 Å². The van der Waals surface area contributed by atoms with Crippen LogP contribution in [0, 0.1) is 0 Å². The molecular weight excluding hydrogens is 308 g/mol. The van der Waals surface area contributed by atoms with Gasteiger partial charge >= 0.3 is 5.97 Å². The molecule has 2 heterocycles. The maximum Gasteiger partial charge on any atom is 0.350 e. The van der Waals surface area contributed by atoms with Gasteiger partial charge in [0.1, 0.15) is 4.88 Å². The van der Waals surface area contributed by atoms with E-state index < -0.39 is 0 Å². The molecule has 23 heavy (non-hydrogen) atoms. The highest BCUT2D eigenvalue weighted by atomic mass is 32.1. The normalized spacial score (nSPS) is 14.1. The van der Waals surface area contributed by atoms with Crippen LogP contribution in [-0.4, -0.2) is 21.9 Å².